The molecule has 1 atom stereocenters. The van der Waals surface area contributed by atoms with Crippen molar-refractivity contribution in [3.05, 3.63) is 16.6 Å². The van der Waals surface area contributed by atoms with E-state index in [1.165, 1.54) is 17.8 Å². The first-order chi connectivity index (χ1) is 6.63. The maximum Gasteiger partial charge on any atom is 0.113 e. The smallest absolute Gasteiger partial charge is 0.113 e. The monoisotopic (exact) mass is 210 g/mol. The van der Waals surface area contributed by atoms with Gasteiger partial charge >= 0.3 is 0 Å². The van der Waals surface area contributed by atoms with E-state index in [2.05, 4.69) is 36.5 Å². The second-order valence-electron chi connectivity index (χ2n) is 4.61. The fourth-order valence-corrected chi connectivity index (χ4v) is 2.94. The van der Waals surface area contributed by atoms with Crippen molar-refractivity contribution in [1.29, 1.82) is 0 Å². The minimum atomic E-state index is 0.113. The Labute approximate surface area is 89.8 Å². The quantitative estimate of drug-likeness (QED) is 0.826. The van der Waals surface area contributed by atoms with Gasteiger partial charge in [0.2, 0.25) is 0 Å². The predicted molar refractivity (Wildman–Crippen MR) is 60.5 cm³/mol. The van der Waals surface area contributed by atoms with Crippen molar-refractivity contribution in [1.82, 2.24) is 10.3 Å². The highest BCUT2D eigenvalue weighted by Crippen LogP contribution is 2.46. The summed E-state index contributed by atoms with van der Waals surface area (Å²) in [5.74, 6) is 0.788. The van der Waals surface area contributed by atoms with Gasteiger partial charge in [-0.25, -0.2) is 4.98 Å². The van der Waals surface area contributed by atoms with E-state index in [9.17, 15) is 0 Å². The van der Waals surface area contributed by atoms with Crippen LogP contribution in [0.2, 0.25) is 0 Å². The Bertz CT molecular complexity index is 290. The Morgan fingerprint density at radius 3 is 2.71 bits per heavy atom. The Hall–Kier alpha value is -0.410. The number of rotatable bonds is 4. The van der Waals surface area contributed by atoms with Crippen LogP contribution in [0.25, 0.3) is 0 Å². The van der Waals surface area contributed by atoms with Crippen molar-refractivity contribution in [2.75, 3.05) is 0 Å². The third-order valence-electron chi connectivity index (χ3n) is 2.86. The minimum absolute atomic E-state index is 0.113. The van der Waals surface area contributed by atoms with E-state index in [0.29, 0.717) is 6.04 Å². The van der Waals surface area contributed by atoms with Crippen molar-refractivity contribution >= 4 is 11.3 Å². The molecule has 0 radical (unpaired) electrons. The zero-order valence-corrected chi connectivity index (χ0v) is 9.90. The molecule has 3 heteroatoms. The predicted octanol–water partition coefficient (Wildman–Crippen LogP) is 2.77. The lowest BCUT2D eigenvalue weighted by Gasteiger charge is -2.31. The fourth-order valence-electron chi connectivity index (χ4n) is 2.09. The standard InChI is InChI=1S/C11H18N2S/c1-8(2)13-11(3,9-4-5-9)10-12-6-7-14-10/h6-9,13H,4-5H2,1-3H3. The molecule has 0 aromatic carbocycles. The molecule has 0 spiro atoms. The summed E-state index contributed by atoms with van der Waals surface area (Å²) >= 11 is 1.77. The van der Waals surface area contributed by atoms with Crippen molar-refractivity contribution < 1.29 is 0 Å². The largest absolute Gasteiger partial charge is 0.303 e. The van der Waals surface area contributed by atoms with Crippen molar-refractivity contribution in [2.24, 2.45) is 5.92 Å². The summed E-state index contributed by atoms with van der Waals surface area (Å²) < 4.78 is 0. The molecule has 2 rings (SSSR count). The van der Waals surface area contributed by atoms with E-state index in [-0.39, 0.29) is 5.54 Å². The summed E-state index contributed by atoms with van der Waals surface area (Å²) in [7, 11) is 0. The molecule has 0 aliphatic heterocycles. The van der Waals surface area contributed by atoms with Gasteiger partial charge < -0.3 is 5.32 Å². The number of thiazole rings is 1. The molecule has 1 fully saturated rings. The van der Waals surface area contributed by atoms with E-state index in [4.69, 9.17) is 0 Å². The van der Waals surface area contributed by atoms with Gasteiger partial charge in [0, 0.05) is 17.6 Å². The molecular weight excluding hydrogens is 192 g/mol. The molecule has 1 N–H and O–H groups in total. The summed E-state index contributed by atoms with van der Waals surface area (Å²) in [5.41, 5.74) is 0.113. The zero-order valence-electron chi connectivity index (χ0n) is 9.08. The van der Waals surface area contributed by atoms with E-state index < -0.39 is 0 Å². The normalized spacial score (nSPS) is 21.1. The Kier molecular flexibility index (Phi) is 2.62. The lowest BCUT2D eigenvalue weighted by molar-refractivity contribution is 0.291. The highest BCUT2D eigenvalue weighted by molar-refractivity contribution is 7.09. The van der Waals surface area contributed by atoms with Gasteiger partial charge in [0.15, 0.2) is 0 Å². The molecule has 0 amide bonds. The van der Waals surface area contributed by atoms with Gasteiger partial charge in [-0.05, 0) is 39.5 Å². The SMILES string of the molecule is CC(C)NC(C)(c1nccs1)C1CC1. The third-order valence-corrected chi connectivity index (χ3v) is 3.87. The minimum Gasteiger partial charge on any atom is -0.303 e. The van der Waals surface area contributed by atoms with Gasteiger partial charge in [0.25, 0.3) is 0 Å². The number of hydrogen-bond acceptors (Lipinski definition) is 3. The first-order valence-electron chi connectivity index (χ1n) is 5.30. The number of hydrogen-bond donors (Lipinski definition) is 1. The van der Waals surface area contributed by atoms with Gasteiger partial charge in [-0.15, -0.1) is 11.3 Å². The lowest BCUT2D eigenvalue weighted by atomic mass is 9.95. The second-order valence-corrected chi connectivity index (χ2v) is 5.51. The van der Waals surface area contributed by atoms with E-state index in [1.54, 1.807) is 11.3 Å². The zero-order chi connectivity index (χ0) is 10.2. The van der Waals surface area contributed by atoms with Crippen LogP contribution in [-0.4, -0.2) is 11.0 Å². The van der Waals surface area contributed by atoms with Gasteiger partial charge in [-0.2, -0.15) is 0 Å². The molecule has 1 saturated carbocycles. The molecule has 78 valence electrons. The molecule has 2 nitrogen and oxygen atoms in total. The van der Waals surface area contributed by atoms with Crippen LogP contribution in [0, 0.1) is 5.92 Å². The molecule has 14 heavy (non-hydrogen) atoms. The molecule has 1 aliphatic carbocycles. The Morgan fingerprint density at radius 2 is 2.29 bits per heavy atom. The van der Waals surface area contributed by atoms with E-state index >= 15 is 0 Å². The van der Waals surface area contributed by atoms with Crippen LogP contribution in [0.3, 0.4) is 0 Å². The average Bonchev–Trinajstić information content (AvgIpc) is 2.80. The third kappa shape index (κ3) is 1.84. The summed E-state index contributed by atoms with van der Waals surface area (Å²) in [5, 5.41) is 6.98. The van der Waals surface area contributed by atoms with Crippen LogP contribution >= 0.6 is 11.3 Å². The highest BCUT2D eigenvalue weighted by Gasteiger charge is 2.44. The molecule has 0 saturated heterocycles. The number of nitrogens with one attached hydrogen (secondary N) is 1. The molecule has 0 bridgehead atoms. The van der Waals surface area contributed by atoms with Gasteiger partial charge in [-0.3, -0.25) is 0 Å². The first kappa shape index (κ1) is 10.1. The van der Waals surface area contributed by atoms with Crippen LogP contribution in [0.15, 0.2) is 11.6 Å². The summed E-state index contributed by atoms with van der Waals surface area (Å²) in [6.45, 7) is 6.70. The fraction of sp³-hybridized carbons (Fsp3) is 0.727. The molecule has 1 aromatic rings. The summed E-state index contributed by atoms with van der Waals surface area (Å²) in [6.07, 6.45) is 4.59. The maximum absolute atomic E-state index is 4.46. The maximum atomic E-state index is 4.46. The van der Waals surface area contributed by atoms with Crippen LogP contribution in [0.4, 0.5) is 0 Å². The van der Waals surface area contributed by atoms with Crippen LogP contribution in [0.5, 0.6) is 0 Å². The topological polar surface area (TPSA) is 24.9 Å². The van der Waals surface area contributed by atoms with Crippen LogP contribution in [0.1, 0.15) is 38.6 Å². The van der Waals surface area contributed by atoms with Crippen molar-refractivity contribution in [2.45, 2.75) is 45.2 Å². The van der Waals surface area contributed by atoms with Gasteiger partial charge in [0.1, 0.15) is 5.01 Å². The Balaban J connectivity index is 2.21. The summed E-state index contributed by atoms with van der Waals surface area (Å²) in [6, 6.07) is 0.518. The molecule has 1 heterocycles. The van der Waals surface area contributed by atoms with Crippen molar-refractivity contribution in [3.63, 3.8) is 0 Å². The van der Waals surface area contributed by atoms with E-state index in [0.717, 1.165) is 5.92 Å². The molecular formula is C11H18N2S. The van der Waals surface area contributed by atoms with Crippen LogP contribution < -0.4 is 5.32 Å². The number of nitrogens with zero attached hydrogens (tertiary/aromatic N) is 1. The highest BCUT2D eigenvalue weighted by atomic mass is 32.1. The van der Waals surface area contributed by atoms with Gasteiger partial charge in [0.05, 0.1) is 5.54 Å². The van der Waals surface area contributed by atoms with Gasteiger partial charge in [-0.1, -0.05) is 0 Å². The lowest BCUT2D eigenvalue weighted by Crippen LogP contribution is -2.45. The molecule has 1 aliphatic rings. The molecule has 1 aromatic heterocycles. The van der Waals surface area contributed by atoms with Crippen LogP contribution in [-0.2, 0) is 5.54 Å². The van der Waals surface area contributed by atoms with Crippen molar-refractivity contribution in [3.8, 4) is 0 Å². The van der Waals surface area contributed by atoms with E-state index in [1.807, 2.05) is 6.20 Å². The Morgan fingerprint density at radius 1 is 1.57 bits per heavy atom. The first-order valence-corrected chi connectivity index (χ1v) is 6.18. The molecule has 1 unspecified atom stereocenters. The average molecular weight is 210 g/mol. The summed E-state index contributed by atoms with van der Waals surface area (Å²) in [4.78, 5) is 4.46. The number of aromatic nitrogens is 1. The second kappa shape index (κ2) is 3.63.